The van der Waals surface area contributed by atoms with Gasteiger partial charge in [0, 0.05) is 4.83 Å². The molecule has 3 heteroatoms. The van der Waals surface area contributed by atoms with E-state index < -0.39 is 0 Å². The van der Waals surface area contributed by atoms with Crippen molar-refractivity contribution in [2.24, 2.45) is 11.8 Å². The van der Waals surface area contributed by atoms with E-state index in [2.05, 4.69) is 64.8 Å². The third kappa shape index (κ3) is 3.24. The van der Waals surface area contributed by atoms with E-state index in [1.165, 1.54) is 5.56 Å². The van der Waals surface area contributed by atoms with Crippen LogP contribution in [0.4, 0.5) is 0 Å². The van der Waals surface area contributed by atoms with Gasteiger partial charge in [0.25, 0.3) is 0 Å². The second-order valence-corrected chi connectivity index (χ2v) is 6.24. The minimum absolute atomic E-state index is 0.384. The first-order valence-electron chi connectivity index (χ1n) is 5.44. The fourth-order valence-corrected chi connectivity index (χ4v) is 2.95. The van der Waals surface area contributed by atoms with Crippen molar-refractivity contribution in [1.82, 2.24) is 0 Å². The molecule has 90 valence electrons. The molecule has 0 aliphatic carbocycles. The molecule has 1 rings (SSSR count). The number of halogens is 2. The smallest absolute Gasteiger partial charge is 0.133 e. The quantitative estimate of drug-likeness (QED) is 0.680. The van der Waals surface area contributed by atoms with Gasteiger partial charge in [0.1, 0.15) is 5.75 Å². The van der Waals surface area contributed by atoms with Crippen LogP contribution in [-0.4, -0.2) is 7.11 Å². The zero-order valence-corrected chi connectivity index (χ0v) is 13.3. The Morgan fingerprint density at radius 2 is 1.81 bits per heavy atom. The molecule has 0 saturated heterocycles. The summed E-state index contributed by atoms with van der Waals surface area (Å²) in [6.07, 6.45) is 0. The van der Waals surface area contributed by atoms with Gasteiger partial charge in [-0.1, -0.05) is 42.8 Å². The van der Waals surface area contributed by atoms with Crippen molar-refractivity contribution in [2.75, 3.05) is 7.11 Å². The van der Waals surface area contributed by atoms with Crippen LogP contribution in [0.1, 0.15) is 31.2 Å². The highest BCUT2D eigenvalue weighted by atomic mass is 79.9. The molecule has 1 nitrogen and oxygen atoms in total. The zero-order chi connectivity index (χ0) is 12.3. The van der Waals surface area contributed by atoms with Gasteiger partial charge in [-0.3, -0.25) is 0 Å². The van der Waals surface area contributed by atoms with E-state index >= 15 is 0 Å². The SMILES string of the molecule is COc1ccc(C(Br)C(C)C(C)C)cc1Br. The van der Waals surface area contributed by atoms with Gasteiger partial charge in [0.15, 0.2) is 0 Å². The number of hydrogen-bond donors (Lipinski definition) is 0. The van der Waals surface area contributed by atoms with Gasteiger partial charge in [0.2, 0.25) is 0 Å². The molecule has 0 radical (unpaired) electrons. The van der Waals surface area contributed by atoms with E-state index in [0.717, 1.165) is 10.2 Å². The fourth-order valence-electron chi connectivity index (χ4n) is 1.50. The lowest BCUT2D eigenvalue weighted by Gasteiger charge is -2.22. The Balaban J connectivity index is 2.92. The summed E-state index contributed by atoms with van der Waals surface area (Å²) < 4.78 is 6.23. The van der Waals surface area contributed by atoms with Crippen LogP contribution in [0.15, 0.2) is 22.7 Å². The van der Waals surface area contributed by atoms with E-state index in [9.17, 15) is 0 Å². The standard InChI is InChI=1S/C13H18Br2O/c1-8(2)9(3)13(15)10-5-6-12(16-4)11(14)7-10/h5-9,13H,1-4H3. The fraction of sp³-hybridized carbons (Fsp3) is 0.538. The molecule has 2 atom stereocenters. The average Bonchev–Trinajstić information content (AvgIpc) is 2.26. The molecule has 0 fully saturated rings. The topological polar surface area (TPSA) is 9.23 Å². The molecule has 1 aromatic carbocycles. The highest BCUT2D eigenvalue weighted by Gasteiger charge is 2.19. The molecule has 0 N–H and O–H groups in total. The van der Waals surface area contributed by atoms with Gasteiger partial charge in [0.05, 0.1) is 11.6 Å². The first kappa shape index (κ1) is 14.0. The molecule has 2 unspecified atom stereocenters. The molecule has 16 heavy (non-hydrogen) atoms. The molecule has 0 heterocycles. The van der Waals surface area contributed by atoms with Gasteiger partial charge in [-0.05, 0) is 45.5 Å². The monoisotopic (exact) mass is 348 g/mol. The van der Waals surface area contributed by atoms with E-state index in [4.69, 9.17) is 4.74 Å². The van der Waals surface area contributed by atoms with E-state index in [-0.39, 0.29) is 0 Å². The van der Waals surface area contributed by atoms with Crippen LogP contribution in [0.5, 0.6) is 5.75 Å². The summed E-state index contributed by atoms with van der Waals surface area (Å²) in [7, 11) is 1.68. The summed E-state index contributed by atoms with van der Waals surface area (Å²) in [6.45, 7) is 6.76. The van der Waals surface area contributed by atoms with Crippen molar-refractivity contribution in [2.45, 2.75) is 25.6 Å². The lowest BCUT2D eigenvalue weighted by Crippen LogP contribution is -2.10. The Hall–Kier alpha value is -0.0200. The van der Waals surface area contributed by atoms with Gasteiger partial charge < -0.3 is 4.74 Å². The second-order valence-electron chi connectivity index (χ2n) is 4.40. The van der Waals surface area contributed by atoms with Gasteiger partial charge in [-0.25, -0.2) is 0 Å². The van der Waals surface area contributed by atoms with Crippen molar-refractivity contribution in [3.8, 4) is 5.75 Å². The molecule has 0 aliphatic rings. The van der Waals surface area contributed by atoms with Crippen LogP contribution in [0.3, 0.4) is 0 Å². The Kier molecular flexibility index (Phi) is 5.32. The van der Waals surface area contributed by atoms with Crippen molar-refractivity contribution < 1.29 is 4.74 Å². The van der Waals surface area contributed by atoms with Crippen molar-refractivity contribution in [1.29, 1.82) is 0 Å². The Morgan fingerprint density at radius 1 is 1.19 bits per heavy atom. The van der Waals surface area contributed by atoms with Gasteiger partial charge >= 0.3 is 0 Å². The minimum atomic E-state index is 0.384. The van der Waals surface area contributed by atoms with E-state index in [0.29, 0.717) is 16.7 Å². The molecule has 0 aliphatic heterocycles. The predicted octanol–water partition coefficient (Wildman–Crippen LogP) is 5.19. The van der Waals surface area contributed by atoms with Crippen LogP contribution < -0.4 is 4.74 Å². The number of hydrogen-bond acceptors (Lipinski definition) is 1. The van der Waals surface area contributed by atoms with Crippen LogP contribution >= 0.6 is 31.9 Å². The summed E-state index contributed by atoms with van der Waals surface area (Å²) in [4.78, 5) is 0.384. The summed E-state index contributed by atoms with van der Waals surface area (Å²) in [5, 5.41) is 0. The highest BCUT2D eigenvalue weighted by molar-refractivity contribution is 9.10. The van der Waals surface area contributed by atoms with Crippen molar-refractivity contribution in [3.05, 3.63) is 28.2 Å². The summed E-state index contributed by atoms with van der Waals surface area (Å²) >= 11 is 7.29. The van der Waals surface area contributed by atoms with Crippen molar-refractivity contribution in [3.63, 3.8) is 0 Å². The third-order valence-electron chi connectivity index (χ3n) is 3.01. The molecule has 0 spiro atoms. The number of benzene rings is 1. The molecule has 0 saturated carbocycles. The average molecular weight is 350 g/mol. The molecule has 1 aromatic rings. The normalized spacial score (nSPS) is 14.9. The van der Waals surface area contributed by atoms with Gasteiger partial charge in [-0.2, -0.15) is 0 Å². The first-order chi connectivity index (χ1) is 7.47. The van der Waals surface area contributed by atoms with E-state index in [1.807, 2.05) is 6.07 Å². The number of rotatable bonds is 4. The molecular formula is C13H18Br2O. The molecule has 0 bridgehead atoms. The number of ether oxygens (including phenoxy) is 1. The molecular weight excluding hydrogens is 332 g/mol. The summed E-state index contributed by atoms with van der Waals surface area (Å²) in [5.41, 5.74) is 1.29. The maximum absolute atomic E-state index is 5.23. The Morgan fingerprint density at radius 3 is 2.25 bits per heavy atom. The summed E-state index contributed by atoms with van der Waals surface area (Å²) in [6, 6.07) is 6.24. The highest BCUT2D eigenvalue weighted by Crippen LogP contribution is 2.38. The number of methoxy groups -OCH3 is 1. The van der Waals surface area contributed by atoms with Crippen molar-refractivity contribution >= 4 is 31.9 Å². The van der Waals surface area contributed by atoms with Crippen LogP contribution in [0.2, 0.25) is 0 Å². The largest absolute Gasteiger partial charge is 0.496 e. The maximum Gasteiger partial charge on any atom is 0.133 e. The Bertz CT molecular complexity index is 350. The second kappa shape index (κ2) is 6.06. The third-order valence-corrected chi connectivity index (χ3v) is 4.99. The van der Waals surface area contributed by atoms with Gasteiger partial charge in [-0.15, -0.1) is 0 Å². The minimum Gasteiger partial charge on any atom is -0.496 e. The van der Waals surface area contributed by atoms with Crippen LogP contribution in [0.25, 0.3) is 0 Å². The maximum atomic E-state index is 5.23. The predicted molar refractivity (Wildman–Crippen MR) is 76.4 cm³/mol. The van der Waals surface area contributed by atoms with E-state index in [1.54, 1.807) is 7.11 Å². The van der Waals surface area contributed by atoms with Crippen LogP contribution in [-0.2, 0) is 0 Å². The lowest BCUT2D eigenvalue weighted by molar-refractivity contribution is 0.407. The Labute approximate surface area is 115 Å². The number of alkyl halides is 1. The molecule has 0 amide bonds. The summed E-state index contributed by atoms with van der Waals surface area (Å²) in [5.74, 6) is 2.13. The zero-order valence-electron chi connectivity index (χ0n) is 10.1. The molecule has 0 aromatic heterocycles. The first-order valence-corrected chi connectivity index (χ1v) is 7.15. The van der Waals surface area contributed by atoms with Crippen LogP contribution in [0, 0.1) is 11.8 Å². The lowest BCUT2D eigenvalue weighted by atomic mass is 9.91.